The first kappa shape index (κ1) is 22.1. The van der Waals surface area contributed by atoms with Crippen LogP contribution >= 0.6 is 0 Å². The molecule has 1 amide bonds. The molecule has 0 fully saturated rings. The first-order valence-electron chi connectivity index (χ1n) is 10.1. The van der Waals surface area contributed by atoms with Crippen LogP contribution in [0.1, 0.15) is 65.7 Å². The Morgan fingerprint density at radius 2 is 2.09 bits per heavy atom. The van der Waals surface area contributed by atoms with E-state index in [1.165, 1.54) is 4.90 Å². The Kier molecular flexibility index (Phi) is 5.36. The van der Waals surface area contributed by atoms with Crippen molar-refractivity contribution in [3.63, 3.8) is 0 Å². The highest BCUT2D eigenvalue weighted by atomic mass is 19.4. The number of nitrogens with one attached hydrogen (secondary N) is 1. The summed E-state index contributed by atoms with van der Waals surface area (Å²) in [6, 6.07) is 3.10. The maximum Gasteiger partial charge on any atom is 0.416 e. The van der Waals surface area contributed by atoms with E-state index in [0.29, 0.717) is 29.5 Å². The van der Waals surface area contributed by atoms with Crippen LogP contribution in [0.5, 0.6) is 0 Å². The lowest BCUT2D eigenvalue weighted by Gasteiger charge is -2.28. The third-order valence-electron chi connectivity index (χ3n) is 5.90. The van der Waals surface area contributed by atoms with Gasteiger partial charge in [-0.05, 0) is 39.0 Å². The number of carbonyl (C=O) groups is 1. The molecule has 1 aliphatic heterocycles. The van der Waals surface area contributed by atoms with E-state index in [1.807, 2.05) is 6.92 Å². The number of rotatable bonds is 4. The molecule has 0 saturated carbocycles. The summed E-state index contributed by atoms with van der Waals surface area (Å²) in [6.07, 6.45) is -4.86. The van der Waals surface area contributed by atoms with Crippen molar-refractivity contribution in [2.24, 2.45) is 0 Å². The summed E-state index contributed by atoms with van der Waals surface area (Å²) in [6.45, 7) is 5.69. The number of H-pyrrole nitrogens is 1. The number of halogens is 4. The average Bonchev–Trinajstić information content (AvgIpc) is 3.31. The normalized spacial score (nSPS) is 16.9. The Morgan fingerprint density at radius 3 is 2.72 bits per heavy atom. The number of aromatic amines is 1. The topological polar surface area (TPSA) is 84.2 Å². The molecule has 3 aromatic rings. The molecule has 0 saturated heterocycles. The summed E-state index contributed by atoms with van der Waals surface area (Å²) in [4.78, 5) is 22.1. The van der Waals surface area contributed by atoms with Crippen molar-refractivity contribution in [2.75, 3.05) is 12.3 Å². The Balaban J connectivity index is 1.68. The predicted octanol–water partition coefficient (Wildman–Crippen LogP) is 5.12. The number of hydrogen-bond acceptors (Lipinski definition) is 4. The van der Waals surface area contributed by atoms with Crippen LogP contribution < -0.4 is 5.73 Å². The number of carbonyl (C=O) groups excluding carboxylic acids is 1. The van der Waals surface area contributed by atoms with Gasteiger partial charge < -0.3 is 20.4 Å². The molecule has 1 aliphatic rings. The van der Waals surface area contributed by atoms with Crippen LogP contribution in [0.3, 0.4) is 0 Å². The lowest BCUT2D eigenvalue weighted by atomic mass is 10.0. The molecule has 2 atom stereocenters. The highest BCUT2D eigenvalue weighted by Gasteiger charge is 2.33. The summed E-state index contributed by atoms with van der Waals surface area (Å²) in [5, 5.41) is 0. The van der Waals surface area contributed by atoms with E-state index in [4.69, 9.17) is 10.5 Å². The minimum atomic E-state index is -4.65. The second kappa shape index (κ2) is 7.77. The number of nitrogens with two attached hydrogens (primary N) is 1. The highest BCUT2D eigenvalue weighted by Crippen LogP contribution is 2.38. The molecule has 10 heteroatoms. The van der Waals surface area contributed by atoms with Crippen molar-refractivity contribution >= 4 is 22.8 Å². The predicted molar refractivity (Wildman–Crippen MR) is 110 cm³/mol. The fourth-order valence-corrected chi connectivity index (χ4v) is 4.21. The zero-order chi connectivity index (χ0) is 23.4. The molecule has 2 aromatic heterocycles. The van der Waals surface area contributed by atoms with Crippen LogP contribution in [0.2, 0.25) is 0 Å². The summed E-state index contributed by atoms with van der Waals surface area (Å²) < 4.78 is 58.7. The largest absolute Gasteiger partial charge is 0.416 e. The zero-order valence-corrected chi connectivity index (χ0v) is 17.7. The third kappa shape index (κ3) is 3.58. The van der Waals surface area contributed by atoms with E-state index in [0.717, 1.165) is 23.3 Å². The lowest BCUT2D eigenvalue weighted by molar-refractivity contribution is -0.137. The van der Waals surface area contributed by atoms with Crippen molar-refractivity contribution in [2.45, 2.75) is 45.7 Å². The van der Waals surface area contributed by atoms with Gasteiger partial charge in [-0.1, -0.05) is 6.07 Å². The van der Waals surface area contributed by atoms with Gasteiger partial charge in [-0.25, -0.2) is 9.37 Å². The molecule has 170 valence electrons. The van der Waals surface area contributed by atoms with E-state index >= 15 is 0 Å². The van der Waals surface area contributed by atoms with Gasteiger partial charge in [0, 0.05) is 23.2 Å². The van der Waals surface area contributed by atoms with Gasteiger partial charge in [0.1, 0.15) is 17.3 Å². The van der Waals surface area contributed by atoms with Crippen LogP contribution in [0.4, 0.5) is 23.4 Å². The maximum atomic E-state index is 14.5. The molecule has 32 heavy (non-hydrogen) atoms. The Hall–Kier alpha value is -3.14. The van der Waals surface area contributed by atoms with Gasteiger partial charge in [-0.3, -0.25) is 4.79 Å². The summed E-state index contributed by atoms with van der Waals surface area (Å²) in [7, 11) is 0. The number of nitrogens with zero attached hydrogens (tertiary/aromatic N) is 2. The number of fused-ring (bicyclic) bond motifs is 3. The second-order valence-electron chi connectivity index (χ2n) is 7.79. The minimum absolute atomic E-state index is 0.00482. The minimum Gasteiger partial charge on any atom is -0.383 e. The molecule has 1 aromatic carbocycles. The molecular formula is C22H22F4N4O2. The van der Waals surface area contributed by atoms with Crippen LogP contribution in [0.15, 0.2) is 24.3 Å². The summed E-state index contributed by atoms with van der Waals surface area (Å²) in [5.74, 6) is -1.12. The molecular weight excluding hydrogens is 428 g/mol. The molecule has 0 unspecified atom stereocenters. The van der Waals surface area contributed by atoms with Crippen LogP contribution in [-0.4, -0.2) is 27.3 Å². The Bertz CT molecular complexity index is 1200. The molecule has 0 aliphatic carbocycles. The van der Waals surface area contributed by atoms with Crippen molar-refractivity contribution < 1.29 is 27.1 Å². The van der Waals surface area contributed by atoms with Gasteiger partial charge in [0.25, 0.3) is 5.91 Å². The molecule has 0 spiro atoms. The first-order chi connectivity index (χ1) is 15.0. The number of pyridine rings is 1. The van der Waals surface area contributed by atoms with Crippen LogP contribution in [0.25, 0.3) is 11.0 Å². The van der Waals surface area contributed by atoms with Crippen LogP contribution in [0, 0.1) is 5.82 Å². The van der Waals surface area contributed by atoms with Gasteiger partial charge in [0.2, 0.25) is 0 Å². The van der Waals surface area contributed by atoms with Gasteiger partial charge in [0.15, 0.2) is 0 Å². The summed E-state index contributed by atoms with van der Waals surface area (Å²) >= 11 is 0. The number of alkyl halides is 3. The molecule has 4 rings (SSSR count). The van der Waals surface area contributed by atoms with Gasteiger partial charge in [0.05, 0.1) is 35.3 Å². The van der Waals surface area contributed by atoms with E-state index in [9.17, 15) is 22.4 Å². The third-order valence-corrected chi connectivity index (χ3v) is 5.90. The fraction of sp³-hybridized carbons (Fsp3) is 0.364. The average molecular weight is 450 g/mol. The summed E-state index contributed by atoms with van der Waals surface area (Å²) in [5.41, 5.74) is 7.97. The van der Waals surface area contributed by atoms with Gasteiger partial charge in [-0.15, -0.1) is 0 Å². The maximum absolute atomic E-state index is 14.5. The Labute approximate surface area is 181 Å². The standard InChI is InChI=1S/C22H22F4N4O2/c1-4-30(10(2)13-6-5-12(7-15(13)23)22(24,25)26)21(31)17-8-16-19(28-17)14-9-32-11(3)18(14)20(27)29-16/h5-8,10-11,28H,4,9H2,1-3H3,(H2,27,29)/t10-,11+/m0/s1. The number of ether oxygens (including phenoxy) is 1. The van der Waals surface area contributed by atoms with Crippen LogP contribution in [-0.2, 0) is 17.5 Å². The smallest absolute Gasteiger partial charge is 0.383 e. The van der Waals surface area contributed by atoms with E-state index in [2.05, 4.69) is 9.97 Å². The second-order valence-corrected chi connectivity index (χ2v) is 7.79. The van der Waals surface area contributed by atoms with Crippen molar-refractivity contribution in [3.8, 4) is 0 Å². The lowest BCUT2D eigenvalue weighted by Crippen LogP contribution is -2.34. The number of amides is 1. The highest BCUT2D eigenvalue weighted by molar-refractivity contribution is 5.98. The Morgan fingerprint density at radius 1 is 1.38 bits per heavy atom. The first-order valence-corrected chi connectivity index (χ1v) is 10.1. The molecule has 0 bridgehead atoms. The molecule has 3 N–H and O–H groups in total. The quantitative estimate of drug-likeness (QED) is 0.541. The van der Waals surface area contributed by atoms with Gasteiger partial charge >= 0.3 is 6.18 Å². The van der Waals surface area contributed by atoms with Crippen molar-refractivity contribution in [3.05, 3.63) is 58.0 Å². The number of benzene rings is 1. The number of hydrogen-bond donors (Lipinski definition) is 2. The zero-order valence-electron chi connectivity index (χ0n) is 17.7. The number of anilines is 1. The number of aromatic nitrogens is 2. The number of nitrogen functional groups attached to an aromatic ring is 1. The van der Waals surface area contributed by atoms with E-state index < -0.39 is 29.5 Å². The molecule has 3 heterocycles. The van der Waals surface area contributed by atoms with Gasteiger partial charge in [-0.2, -0.15) is 13.2 Å². The van der Waals surface area contributed by atoms with Crippen molar-refractivity contribution in [1.29, 1.82) is 0 Å². The van der Waals surface area contributed by atoms with E-state index in [1.54, 1.807) is 19.9 Å². The monoisotopic (exact) mass is 450 g/mol. The van der Waals surface area contributed by atoms with Crippen molar-refractivity contribution in [1.82, 2.24) is 14.9 Å². The molecule has 0 radical (unpaired) electrons. The fourth-order valence-electron chi connectivity index (χ4n) is 4.21. The van der Waals surface area contributed by atoms with E-state index in [-0.39, 0.29) is 23.9 Å². The SMILES string of the molecule is CCN(C(=O)c1cc2nc(N)c3c(c2[nH]1)CO[C@@H]3C)[C@@H](C)c1ccc(C(F)(F)F)cc1F. The molecule has 6 nitrogen and oxygen atoms in total.